The van der Waals surface area contributed by atoms with Crippen LogP contribution in [0.3, 0.4) is 0 Å². The number of carbonyl (C=O) groups is 1. The zero-order valence-corrected chi connectivity index (χ0v) is 16.5. The third kappa shape index (κ3) is 3.83. The smallest absolute Gasteiger partial charge is 0.415 e. The number of sulfonamides is 1. The second-order valence-electron chi connectivity index (χ2n) is 7.39. The largest absolute Gasteiger partial charge is 0.447 e. The minimum Gasteiger partial charge on any atom is -0.447 e. The number of rotatable bonds is 4. The van der Waals surface area contributed by atoms with E-state index in [1.165, 1.54) is 10.6 Å². The number of anilines is 1. The topological polar surface area (TPSA) is 92.7 Å². The molecule has 0 N–H and O–H groups in total. The van der Waals surface area contributed by atoms with Crippen LogP contribution in [-0.2, 0) is 14.8 Å². The molecule has 0 saturated carbocycles. The van der Waals surface area contributed by atoms with Crippen molar-refractivity contribution in [1.82, 2.24) is 14.3 Å². The second kappa shape index (κ2) is 7.11. The van der Waals surface area contributed by atoms with Crippen LogP contribution in [0.2, 0.25) is 0 Å². The number of aryl methyl sites for hydroxylation is 1. The summed E-state index contributed by atoms with van der Waals surface area (Å²) < 4.78 is 30.1. The number of carbonyl (C=O) groups excluding carboxylic acids is 1. The van der Waals surface area contributed by atoms with Crippen LogP contribution in [0.1, 0.15) is 44.1 Å². The lowest BCUT2D eigenvalue weighted by atomic mass is 9.94. The number of amides is 1. The Balaban J connectivity index is 1.84. The first-order chi connectivity index (χ1) is 12.2. The molecule has 26 heavy (non-hydrogen) atoms. The molecule has 1 amide bonds. The molecule has 2 saturated heterocycles. The van der Waals surface area contributed by atoms with Gasteiger partial charge in [0, 0.05) is 30.8 Å². The van der Waals surface area contributed by atoms with E-state index in [1.54, 1.807) is 4.90 Å². The number of hydrogen-bond donors (Lipinski definition) is 0. The number of piperidine rings is 1. The van der Waals surface area contributed by atoms with Crippen LogP contribution in [0.5, 0.6) is 0 Å². The summed E-state index contributed by atoms with van der Waals surface area (Å²) in [4.78, 5) is 22.8. The van der Waals surface area contributed by atoms with Crippen LogP contribution in [0, 0.1) is 12.8 Å². The zero-order chi connectivity index (χ0) is 19.1. The molecule has 2 aliphatic rings. The van der Waals surface area contributed by atoms with E-state index in [0.717, 1.165) is 5.69 Å². The van der Waals surface area contributed by atoms with E-state index in [0.29, 0.717) is 44.2 Å². The molecule has 0 radical (unpaired) electrons. The monoisotopic (exact) mass is 382 g/mol. The van der Waals surface area contributed by atoms with Crippen molar-refractivity contribution < 1.29 is 17.9 Å². The highest BCUT2D eigenvalue weighted by atomic mass is 32.2. The van der Waals surface area contributed by atoms with Crippen LogP contribution in [-0.4, -0.2) is 60.8 Å². The van der Waals surface area contributed by atoms with E-state index in [4.69, 9.17) is 4.74 Å². The van der Waals surface area contributed by atoms with E-state index < -0.39 is 10.0 Å². The van der Waals surface area contributed by atoms with E-state index in [1.807, 2.05) is 13.0 Å². The normalized spacial score (nSPS) is 22.9. The maximum absolute atomic E-state index is 12.2. The predicted molar refractivity (Wildman–Crippen MR) is 97.6 cm³/mol. The molecule has 2 aliphatic heterocycles. The number of nitrogens with zero attached hydrogens (tertiary/aromatic N) is 4. The highest BCUT2D eigenvalue weighted by molar-refractivity contribution is 7.88. The maximum Gasteiger partial charge on any atom is 0.415 e. The van der Waals surface area contributed by atoms with E-state index in [-0.39, 0.29) is 24.0 Å². The fourth-order valence-electron chi connectivity index (χ4n) is 3.58. The van der Waals surface area contributed by atoms with Crippen LogP contribution < -0.4 is 4.90 Å². The van der Waals surface area contributed by atoms with E-state index in [2.05, 4.69) is 23.8 Å². The summed E-state index contributed by atoms with van der Waals surface area (Å²) >= 11 is 0. The Morgan fingerprint density at radius 3 is 2.46 bits per heavy atom. The van der Waals surface area contributed by atoms with Crippen molar-refractivity contribution >= 4 is 21.9 Å². The highest BCUT2D eigenvalue weighted by Gasteiger charge is 2.37. The minimum atomic E-state index is -3.15. The first kappa shape index (κ1) is 19.0. The molecule has 8 nitrogen and oxygen atoms in total. The minimum absolute atomic E-state index is 0.0447. The average molecular weight is 382 g/mol. The highest BCUT2D eigenvalue weighted by Crippen LogP contribution is 2.32. The second-order valence-corrected chi connectivity index (χ2v) is 9.38. The zero-order valence-electron chi connectivity index (χ0n) is 15.7. The summed E-state index contributed by atoms with van der Waals surface area (Å²) in [6.45, 7) is 7.25. The molecule has 9 heteroatoms. The van der Waals surface area contributed by atoms with Crippen LogP contribution in [0.15, 0.2) is 6.07 Å². The van der Waals surface area contributed by atoms with Gasteiger partial charge in [-0.15, -0.1) is 0 Å². The number of ether oxygens (including phenoxy) is 1. The summed E-state index contributed by atoms with van der Waals surface area (Å²) in [5.41, 5.74) is 0.864. The molecule has 0 unspecified atom stereocenters. The van der Waals surface area contributed by atoms with Gasteiger partial charge in [-0.3, -0.25) is 4.90 Å². The summed E-state index contributed by atoms with van der Waals surface area (Å²) in [5, 5.41) is 0. The SMILES string of the molecule is Cc1nc(C2CCN(S(C)(=O)=O)CC2)cc(N2C(=O)OC[C@@H]2C(C)C)n1. The Bertz CT molecular complexity index is 788. The summed E-state index contributed by atoms with van der Waals surface area (Å²) in [6.07, 6.45) is 2.28. The Morgan fingerprint density at radius 2 is 1.88 bits per heavy atom. The van der Waals surface area contributed by atoms with Crippen LogP contribution in [0.25, 0.3) is 0 Å². The van der Waals surface area contributed by atoms with Gasteiger partial charge in [-0.25, -0.2) is 27.5 Å². The number of cyclic esters (lactones) is 1. The Morgan fingerprint density at radius 1 is 1.23 bits per heavy atom. The molecule has 0 aromatic carbocycles. The predicted octanol–water partition coefficient (Wildman–Crippen LogP) is 1.91. The van der Waals surface area contributed by atoms with Crippen molar-refractivity contribution in [3.05, 3.63) is 17.6 Å². The third-order valence-corrected chi connectivity index (χ3v) is 6.41. The quantitative estimate of drug-likeness (QED) is 0.790. The Hall–Kier alpha value is -1.74. The third-order valence-electron chi connectivity index (χ3n) is 5.11. The first-order valence-corrected chi connectivity index (χ1v) is 10.8. The van der Waals surface area contributed by atoms with Gasteiger partial charge in [-0.2, -0.15) is 0 Å². The summed E-state index contributed by atoms with van der Waals surface area (Å²) in [5.74, 6) is 1.58. The van der Waals surface area contributed by atoms with Crippen molar-refractivity contribution in [3.63, 3.8) is 0 Å². The van der Waals surface area contributed by atoms with Crippen molar-refractivity contribution in [1.29, 1.82) is 0 Å². The number of hydrogen-bond acceptors (Lipinski definition) is 6. The molecule has 0 spiro atoms. The van der Waals surface area contributed by atoms with Gasteiger partial charge in [0.25, 0.3) is 0 Å². The molecular formula is C17H26N4O4S. The molecule has 1 aromatic rings. The fourth-order valence-corrected chi connectivity index (χ4v) is 4.45. The first-order valence-electron chi connectivity index (χ1n) is 8.93. The van der Waals surface area contributed by atoms with Gasteiger partial charge < -0.3 is 4.74 Å². The van der Waals surface area contributed by atoms with Crippen molar-refractivity contribution in [2.75, 3.05) is 30.9 Å². The van der Waals surface area contributed by atoms with Gasteiger partial charge in [-0.05, 0) is 25.7 Å². The molecule has 1 aromatic heterocycles. The molecule has 3 rings (SSSR count). The molecular weight excluding hydrogens is 356 g/mol. The fraction of sp³-hybridized carbons (Fsp3) is 0.706. The van der Waals surface area contributed by atoms with E-state index in [9.17, 15) is 13.2 Å². The van der Waals surface area contributed by atoms with Gasteiger partial charge in [0.2, 0.25) is 10.0 Å². The molecule has 2 fully saturated rings. The van der Waals surface area contributed by atoms with Gasteiger partial charge in [0.15, 0.2) is 0 Å². The lowest BCUT2D eigenvalue weighted by Gasteiger charge is -2.30. The van der Waals surface area contributed by atoms with Gasteiger partial charge in [-0.1, -0.05) is 13.8 Å². The van der Waals surface area contributed by atoms with Crippen molar-refractivity contribution in [2.45, 2.75) is 45.6 Å². The van der Waals surface area contributed by atoms with Crippen LogP contribution in [0.4, 0.5) is 10.6 Å². The van der Waals surface area contributed by atoms with Crippen molar-refractivity contribution in [2.24, 2.45) is 5.92 Å². The van der Waals surface area contributed by atoms with Crippen molar-refractivity contribution in [3.8, 4) is 0 Å². The Kier molecular flexibility index (Phi) is 5.21. The van der Waals surface area contributed by atoms with Gasteiger partial charge in [0.05, 0.1) is 12.3 Å². The average Bonchev–Trinajstić information content (AvgIpc) is 2.95. The molecule has 3 heterocycles. The molecule has 0 aliphatic carbocycles. The Labute approximate surface area is 154 Å². The lowest BCUT2D eigenvalue weighted by molar-refractivity contribution is 0.177. The van der Waals surface area contributed by atoms with Gasteiger partial charge in [0.1, 0.15) is 18.2 Å². The standard InChI is InChI=1S/C17H26N4O4S/c1-11(2)15-10-25-17(22)21(15)16-9-14(18-12(3)19-16)13-5-7-20(8-6-13)26(4,23)24/h9,11,13,15H,5-8,10H2,1-4H3/t15-/m1/s1. The lowest BCUT2D eigenvalue weighted by Crippen LogP contribution is -2.38. The molecule has 1 atom stereocenters. The van der Waals surface area contributed by atoms with Gasteiger partial charge >= 0.3 is 6.09 Å². The molecule has 0 bridgehead atoms. The summed E-state index contributed by atoms with van der Waals surface area (Å²) in [7, 11) is -3.15. The summed E-state index contributed by atoms with van der Waals surface area (Å²) in [6, 6.07) is 1.81. The van der Waals surface area contributed by atoms with Crippen LogP contribution >= 0.6 is 0 Å². The number of aromatic nitrogens is 2. The maximum atomic E-state index is 12.2. The molecule has 144 valence electrons. The van der Waals surface area contributed by atoms with E-state index >= 15 is 0 Å².